The molecule has 0 aliphatic rings. The predicted molar refractivity (Wildman–Crippen MR) is 111 cm³/mol. The third kappa shape index (κ3) is 4.19. The summed E-state index contributed by atoms with van der Waals surface area (Å²) in [6.45, 7) is 6.41. The Kier molecular flexibility index (Phi) is 5.73. The molecule has 144 valence electrons. The molecule has 0 saturated carbocycles. The van der Waals surface area contributed by atoms with Gasteiger partial charge in [0.25, 0.3) is 0 Å². The first kappa shape index (κ1) is 19.5. The quantitative estimate of drug-likeness (QED) is 0.594. The number of fused-ring (bicyclic) bond motifs is 1. The molecule has 1 amide bonds. The molecule has 0 atom stereocenters. The molecule has 5 heteroatoms. The summed E-state index contributed by atoms with van der Waals surface area (Å²) in [4.78, 5) is 27.4. The van der Waals surface area contributed by atoms with E-state index in [1.54, 1.807) is 6.07 Å². The third-order valence-corrected chi connectivity index (χ3v) is 4.69. The minimum atomic E-state index is -1.08. The largest absolute Gasteiger partial charge is 0.465 e. The standard InChI is InChI=1S/C23H24N2O3/c1-14(2)10-21-19(12-24-23(27)28)22(17-7-4-15(3)5-8-17)18-11-16(13-26)6-9-20(18)25-21/h4-9,11,13-14,24H,10,12H2,1-3H3,(H,27,28). The molecule has 0 radical (unpaired) electrons. The van der Waals surface area contributed by atoms with E-state index in [1.165, 1.54) is 0 Å². The van der Waals surface area contributed by atoms with Crippen LogP contribution in [-0.2, 0) is 13.0 Å². The highest BCUT2D eigenvalue weighted by Gasteiger charge is 2.18. The molecule has 3 aromatic rings. The normalized spacial score (nSPS) is 11.0. The Hall–Kier alpha value is -3.21. The van der Waals surface area contributed by atoms with Crippen LogP contribution in [0.5, 0.6) is 0 Å². The van der Waals surface area contributed by atoms with Gasteiger partial charge in [0, 0.05) is 28.8 Å². The molecule has 0 aliphatic carbocycles. The number of aldehydes is 1. The van der Waals surface area contributed by atoms with Crippen molar-refractivity contribution in [3.63, 3.8) is 0 Å². The van der Waals surface area contributed by atoms with Crippen LogP contribution in [-0.4, -0.2) is 22.5 Å². The molecule has 0 bridgehead atoms. The monoisotopic (exact) mass is 376 g/mol. The number of carbonyl (C=O) groups excluding carboxylic acids is 1. The van der Waals surface area contributed by atoms with Crippen LogP contribution in [0.2, 0.25) is 0 Å². The highest BCUT2D eigenvalue weighted by atomic mass is 16.4. The number of amides is 1. The molecule has 1 heterocycles. The van der Waals surface area contributed by atoms with Crippen LogP contribution in [0.1, 0.15) is 41.0 Å². The maximum atomic E-state index is 11.3. The van der Waals surface area contributed by atoms with Crippen molar-refractivity contribution < 1.29 is 14.7 Å². The second-order valence-electron chi connectivity index (χ2n) is 7.43. The van der Waals surface area contributed by atoms with Crippen LogP contribution in [0.3, 0.4) is 0 Å². The van der Waals surface area contributed by atoms with Crippen molar-refractivity contribution in [2.24, 2.45) is 5.92 Å². The van der Waals surface area contributed by atoms with E-state index in [9.17, 15) is 9.59 Å². The van der Waals surface area contributed by atoms with Crippen LogP contribution in [0.25, 0.3) is 22.0 Å². The molecule has 1 aromatic heterocycles. The predicted octanol–water partition coefficient (Wildman–Crippen LogP) is 4.99. The third-order valence-electron chi connectivity index (χ3n) is 4.69. The van der Waals surface area contributed by atoms with Gasteiger partial charge in [0.15, 0.2) is 0 Å². The Morgan fingerprint density at radius 3 is 2.50 bits per heavy atom. The number of hydrogen-bond donors (Lipinski definition) is 2. The van der Waals surface area contributed by atoms with Crippen LogP contribution >= 0.6 is 0 Å². The molecule has 28 heavy (non-hydrogen) atoms. The Morgan fingerprint density at radius 2 is 1.89 bits per heavy atom. The number of aryl methyl sites for hydroxylation is 1. The Labute approximate surface area is 164 Å². The highest BCUT2D eigenvalue weighted by Crippen LogP contribution is 2.34. The lowest BCUT2D eigenvalue weighted by Crippen LogP contribution is -2.22. The Bertz CT molecular complexity index is 1020. The topological polar surface area (TPSA) is 79.3 Å². The number of nitrogens with zero attached hydrogens (tertiary/aromatic N) is 1. The number of hydrogen-bond acceptors (Lipinski definition) is 3. The first-order valence-corrected chi connectivity index (χ1v) is 9.33. The zero-order chi connectivity index (χ0) is 20.3. The van der Waals surface area contributed by atoms with Gasteiger partial charge in [-0.05, 0) is 48.6 Å². The second kappa shape index (κ2) is 8.21. The number of carboxylic acid groups (broad SMARTS) is 1. The van der Waals surface area contributed by atoms with Crippen molar-refractivity contribution in [3.8, 4) is 11.1 Å². The zero-order valence-electron chi connectivity index (χ0n) is 16.3. The number of nitrogens with one attached hydrogen (secondary N) is 1. The molecule has 0 saturated heterocycles. The molecule has 0 spiro atoms. The average Bonchev–Trinajstić information content (AvgIpc) is 2.66. The SMILES string of the molecule is Cc1ccc(-c2c(CNC(=O)O)c(CC(C)C)nc3ccc(C=O)cc23)cc1. The maximum Gasteiger partial charge on any atom is 0.404 e. The first-order valence-electron chi connectivity index (χ1n) is 9.33. The summed E-state index contributed by atoms with van der Waals surface area (Å²) in [6, 6.07) is 13.6. The van der Waals surface area contributed by atoms with E-state index in [-0.39, 0.29) is 6.54 Å². The number of benzene rings is 2. The van der Waals surface area contributed by atoms with Crippen molar-refractivity contribution in [2.75, 3.05) is 0 Å². The van der Waals surface area contributed by atoms with E-state index in [0.717, 1.165) is 51.6 Å². The van der Waals surface area contributed by atoms with Crippen molar-refractivity contribution in [1.82, 2.24) is 10.3 Å². The average molecular weight is 376 g/mol. The minimum Gasteiger partial charge on any atom is -0.465 e. The molecule has 0 fully saturated rings. The van der Waals surface area contributed by atoms with Crippen molar-refractivity contribution in [2.45, 2.75) is 33.7 Å². The van der Waals surface area contributed by atoms with Gasteiger partial charge in [0.05, 0.1) is 5.52 Å². The fraction of sp³-hybridized carbons (Fsp3) is 0.261. The van der Waals surface area contributed by atoms with Crippen LogP contribution in [0.15, 0.2) is 42.5 Å². The Morgan fingerprint density at radius 1 is 1.18 bits per heavy atom. The highest BCUT2D eigenvalue weighted by molar-refractivity contribution is 5.99. The number of pyridine rings is 1. The number of aromatic nitrogens is 1. The van der Waals surface area contributed by atoms with Gasteiger partial charge in [-0.2, -0.15) is 0 Å². The van der Waals surface area contributed by atoms with Gasteiger partial charge in [-0.15, -0.1) is 0 Å². The molecule has 0 unspecified atom stereocenters. The summed E-state index contributed by atoms with van der Waals surface area (Å²) in [5.74, 6) is 0.369. The van der Waals surface area contributed by atoms with Crippen LogP contribution < -0.4 is 5.32 Å². The maximum absolute atomic E-state index is 11.3. The fourth-order valence-corrected chi connectivity index (χ4v) is 3.40. The smallest absolute Gasteiger partial charge is 0.404 e. The number of carbonyl (C=O) groups is 2. The molecule has 3 rings (SSSR count). The summed E-state index contributed by atoms with van der Waals surface area (Å²) >= 11 is 0. The summed E-state index contributed by atoms with van der Waals surface area (Å²) in [5, 5.41) is 12.5. The van der Waals surface area contributed by atoms with Crippen LogP contribution in [0, 0.1) is 12.8 Å². The summed E-state index contributed by atoms with van der Waals surface area (Å²) in [6.07, 6.45) is 0.475. The lowest BCUT2D eigenvalue weighted by atomic mass is 9.90. The molecular formula is C23H24N2O3. The van der Waals surface area contributed by atoms with E-state index < -0.39 is 6.09 Å². The lowest BCUT2D eigenvalue weighted by Gasteiger charge is -2.19. The molecule has 2 N–H and O–H groups in total. The minimum absolute atomic E-state index is 0.162. The van der Waals surface area contributed by atoms with Crippen molar-refractivity contribution in [1.29, 1.82) is 0 Å². The van der Waals surface area contributed by atoms with Crippen LogP contribution in [0.4, 0.5) is 4.79 Å². The number of rotatable bonds is 6. The van der Waals surface area contributed by atoms with Gasteiger partial charge >= 0.3 is 6.09 Å². The van der Waals surface area contributed by atoms with E-state index >= 15 is 0 Å². The summed E-state index contributed by atoms with van der Waals surface area (Å²) in [7, 11) is 0. The van der Waals surface area contributed by atoms with Gasteiger partial charge in [0.1, 0.15) is 6.29 Å². The van der Waals surface area contributed by atoms with Gasteiger partial charge in [-0.25, -0.2) is 4.79 Å². The van der Waals surface area contributed by atoms with E-state index in [0.29, 0.717) is 11.5 Å². The lowest BCUT2D eigenvalue weighted by molar-refractivity contribution is 0.112. The second-order valence-corrected chi connectivity index (χ2v) is 7.43. The summed E-state index contributed by atoms with van der Waals surface area (Å²) in [5.41, 5.74) is 6.16. The fourth-order valence-electron chi connectivity index (χ4n) is 3.40. The first-order chi connectivity index (χ1) is 13.4. The molecule has 5 nitrogen and oxygen atoms in total. The van der Waals surface area contributed by atoms with Gasteiger partial charge in [-0.3, -0.25) is 9.78 Å². The van der Waals surface area contributed by atoms with Gasteiger partial charge in [0.2, 0.25) is 0 Å². The zero-order valence-corrected chi connectivity index (χ0v) is 16.3. The van der Waals surface area contributed by atoms with Gasteiger partial charge < -0.3 is 10.4 Å². The van der Waals surface area contributed by atoms with Crippen molar-refractivity contribution >= 4 is 23.3 Å². The molecule has 2 aromatic carbocycles. The van der Waals surface area contributed by atoms with E-state index in [2.05, 4.69) is 19.2 Å². The van der Waals surface area contributed by atoms with E-state index in [4.69, 9.17) is 10.1 Å². The molecular weight excluding hydrogens is 352 g/mol. The summed E-state index contributed by atoms with van der Waals surface area (Å²) < 4.78 is 0. The van der Waals surface area contributed by atoms with Gasteiger partial charge in [-0.1, -0.05) is 43.7 Å². The Balaban J connectivity index is 2.35. The van der Waals surface area contributed by atoms with Crippen molar-refractivity contribution in [3.05, 3.63) is 64.8 Å². The molecule has 0 aliphatic heterocycles. The van der Waals surface area contributed by atoms with E-state index in [1.807, 2.05) is 43.3 Å².